The summed E-state index contributed by atoms with van der Waals surface area (Å²) in [5.74, 6) is 1.53. The molecule has 0 aliphatic heterocycles. The lowest BCUT2D eigenvalue weighted by atomic mass is 9.91. The quantitative estimate of drug-likeness (QED) is 0.232. The fourth-order valence-corrected chi connectivity index (χ4v) is 4.87. The van der Waals surface area contributed by atoms with Crippen LogP contribution in [0, 0.1) is 0 Å². The molecule has 0 radical (unpaired) electrons. The van der Waals surface area contributed by atoms with Crippen molar-refractivity contribution in [3.05, 3.63) is 69.6 Å². The van der Waals surface area contributed by atoms with E-state index < -0.39 is 0 Å². The number of fused-ring (bicyclic) bond motifs is 7. The Labute approximate surface area is 179 Å². The van der Waals surface area contributed by atoms with E-state index in [1.165, 1.54) is 32.3 Å². The molecule has 0 saturated heterocycles. The Bertz CT molecular complexity index is 1300. The first-order valence-electron chi connectivity index (χ1n) is 8.90. The van der Waals surface area contributed by atoms with Crippen LogP contribution in [0.25, 0.3) is 43.1 Å². The van der Waals surface area contributed by atoms with Crippen LogP contribution in [-0.2, 0) is 0 Å². The second-order valence-corrected chi connectivity index (χ2v) is 8.61. The Balaban J connectivity index is 2.20. The molecule has 0 unspecified atom stereocenters. The molecule has 0 heterocycles. The van der Waals surface area contributed by atoms with Crippen molar-refractivity contribution < 1.29 is 9.47 Å². The highest BCUT2D eigenvalue weighted by Gasteiger charge is 2.19. The highest BCUT2D eigenvalue weighted by Crippen LogP contribution is 2.48. The zero-order valence-corrected chi connectivity index (χ0v) is 18.5. The molecule has 0 saturated carbocycles. The standard InChI is InChI=1S/C24H16Br2O2/c1-27-23-17-9-5-13-3-7-15(25)11-19(13)21(17)22-18(24(23)28-2)10-6-14-4-8-16(26)12-20(14)22/h3-12H,1-2H3. The molecule has 0 aliphatic carbocycles. The van der Waals surface area contributed by atoms with Gasteiger partial charge in [0.05, 0.1) is 14.2 Å². The van der Waals surface area contributed by atoms with Gasteiger partial charge in [0.1, 0.15) is 0 Å². The normalized spacial score (nSPS) is 11.6. The summed E-state index contributed by atoms with van der Waals surface area (Å²) in [6, 6.07) is 21.3. The molecule has 5 rings (SSSR count). The van der Waals surface area contributed by atoms with Gasteiger partial charge in [0.25, 0.3) is 0 Å². The summed E-state index contributed by atoms with van der Waals surface area (Å²) in [4.78, 5) is 0. The number of ether oxygens (including phenoxy) is 2. The zero-order chi connectivity index (χ0) is 19.4. The molecular weight excluding hydrogens is 480 g/mol. The van der Waals surface area contributed by atoms with Crippen molar-refractivity contribution in [2.45, 2.75) is 0 Å². The van der Waals surface area contributed by atoms with E-state index in [2.05, 4.69) is 92.5 Å². The first-order valence-corrected chi connectivity index (χ1v) is 10.5. The SMILES string of the molecule is COc1c(OC)c2ccc3ccc(Br)cc3c2c2c1ccc1ccc(Br)cc12. The summed E-state index contributed by atoms with van der Waals surface area (Å²) >= 11 is 7.29. The highest BCUT2D eigenvalue weighted by atomic mass is 79.9. The van der Waals surface area contributed by atoms with E-state index in [0.717, 1.165) is 31.2 Å². The van der Waals surface area contributed by atoms with Gasteiger partial charge >= 0.3 is 0 Å². The molecule has 0 atom stereocenters. The van der Waals surface area contributed by atoms with E-state index in [1.54, 1.807) is 14.2 Å². The Kier molecular flexibility index (Phi) is 4.22. The van der Waals surface area contributed by atoms with Crippen LogP contribution in [0.4, 0.5) is 0 Å². The van der Waals surface area contributed by atoms with Crippen LogP contribution in [0.2, 0.25) is 0 Å². The minimum absolute atomic E-state index is 0.765. The Morgan fingerprint density at radius 2 is 0.929 bits per heavy atom. The van der Waals surface area contributed by atoms with Gasteiger partial charge < -0.3 is 9.47 Å². The smallest absolute Gasteiger partial charge is 0.169 e. The van der Waals surface area contributed by atoms with Crippen molar-refractivity contribution in [2.75, 3.05) is 14.2 Å². The molecule has 138 valence electrons. The van der Waals surface area contributed by atoms with Crippen LogP contribution in [0.1, 0.15) is 0 Å². The molecule has 0 amide bonds. The number of hydrogen-bond donors (Lipinski definition) is 0. The second-order valence-electron chi connectivity index (χ2n) is 6.77. The van der Waals surface area contributed by atoms with E-state index in [-0.39, 0.29) is 0 Å². The van der Waals surface area contributed by atoms with Gasteiger partial charge in [-0.25, -0.2) is 0 Å². The van der Waals surface area contributed by atoms with Gasteiger partial charge in [-0.1, -0.05) is 56.1 Å². The fourth-order valence-electron chi connectivity index (χ4n) is 4.15. The summed E-state index contributed by atoms with van der Waals surface area (Å²) in [6.45, 7) is 0. The molecule has 5 aromatic carbocycles. The van der Waals surface area contributed by atoms with Crippen LogP contribution in [0.3, 0.4) is 0 Å². The average Bonchev–Trinajstić information content (AvgIpc) is 2.71. The topological polar surface area (TPSA) is 18.5 Å². The van der Waals surface area contributed by atoms with Gasteiger partial charge in [0.15, 0.2) is 11.5 Å². The third-order valence-electron chi connectivity index (χ3n) is 5.32. The minimum atomic E-state index is 0.765. The molecule has 28 heavy (non-hydrogen) atoms. The number of rotatable bonds is 2. The maximum atomic E-state index is 5.83. The van der Waals surface area contributed by atoms with Crippen molar-refractivity contribution in [1.29, 1.82) is 0 Å². The average molecular weight is 496 g/mol. The van der Waals surface area contributed by atoms with Crippen LogP contribution >= 0.6 is 31.9 Å². The van der Waals surface area contributed by atoms with E-state index in [0.29, 0.717) is 0 Å². The fraction of sp³-hybridized carbons (Fsp3) is 0.0833. The number of halogens is 2. The Morgan fingerprint density at radius 3 is 1.32 bits per heavy atom. The van der Waals surface area contributed by atoms with Gasteiger partial charge in [0.2, 0.25) is 0 Å². The number of hydrogen-bond acceptors (Lipinski definition) is 2. The van der Waals surface area contributed by atoms with Crippen molar-refractivity contribution >= 4 is 74.9 Å². The zero-order valence-electron chi connectivity index (χ0n) is 15.3. The lowest BCUT2D eigenvalue weighted by Crippen LogP contribution is -1.95. The molecular formula is C24H16Br2O2. The van der Waals surface area contributed by atoms with Gasteiger partial charge in [-0.05, 0) is 57.9 Å². The summed E-state index contributed by atoms with van der Waals surface area (Å²) in [5.41, 5.74) is 0. The van der Waals surface area contributed by atoms with Crippen LogP contribution < -0.4 is 9.47 Å². The predicted molar refractivity (Wildman–Crippen MR) is 125 cm³/mol. The monoisotopic (exact) mass is 494 g/mol. The summed E-state index contributed by atoms with van der Waals surface area (Å²) < 4.78 is 13.8. The lowest BCUT2D eigenvalue weighted by Gasteiger charge is -2.18. The maximum absolute atomic E-state index is 5.83. The van der Waals surface area contributed by atoms with Crippen molar-refractivity contribution in [3.8, 4) is 11.5 Å². The number of benzene rings is 5. The third-order valence-corrected chi connectivity index (χ3v) is 6.31. The van der Waals surface area contributed by atoms with Gasteiger partial charge in [-0.3, -0.25) is 0 Å². The van der Waals surface area contributed by atoms with E-state index in [4.69, 9.17) is 9.47 Å². The molecule has 0 aromatic heterocycles. The second kappa shape index (κ2) is 6.64. The van der Waals surface area contributed by atoms with Gasteiger partial charge in [-0.15, -0.1) is 0 Å². The van der Waals surface area contributed by atoms with Crippen LogP contribution in [0.5, 0.6) is 11.5 Å². The third kappa shape index (κ3) is 2.51. The first-order chi connectivity index (χ1) is 13.6. The molecule has 0 N–H and O–H groups in total. The van der Waals surface area contributed by atoms with E-state index in [9.17, 15) is 0 Å². The molecule has 4 heteroatoms. The predicted octanol–water partition coefficient (Wildman–Crippen LogP) is 7.84. The molecule has 0 aliphatic rings. The highest BCUT2D eigenvalue weighted by molar-refractivity contribution is 9.10. The van der Waals surface area contributed by atoms with Crippen molar-refractivity contribution in [2.24, 2.45) is 0 Å². The number of methoxy groups -OCH3 is 2. The first kappa shape index (κ1) is 17.8. The Hall–Kier alpha value is -2.30. The van der Waals surface area contributed by atoms with Gasteiger partial charge in [-0.2, -0.15) is 0 Å². The Morgan fingerprint density at radius 1 is 0.536 bits per heavy atom. The molecule has 5 aromatic rings. The van der Waals surface area contributed by atoms with Crippen LogP contribution in [0.15, 0.2) is 69.6 Å². The van der Waals surface area contributed by atoms with Crippen molar-refractivity contribution in [1.82, 2.24) is 0 Å². The maximum Gasteiger partial charge on any atom is 0.169 e. The molecule has 0 fully saturated rings. The van der Waals surface area contributed by atoms with Crippen LogP contribution in [-0.4, -0.2) is 14.2 Å². The largest absolute Gasteiger partial charge is 0.492 e. The van der Waals surface area contributed by atoms with Crippen molar-refractivity contribution in [3.63, 3.8) is 0 Å². The minimum Gasteiger partial charge on any atom is -0.492 e. The molecule has 0 bridgehead atoms. The lowest BCUT2D eigenvalue weighted by molar-refractivity contribution is 0.362. The summed E-state index contributed by atoms with van der Waals surface area (Å²) in [6.07, 6.45) is 0. The molecule has 0 spiro atoms. The van der Waals surface area contributed by atoms with Gasteiger partial charge in [0, 0.05) is 30.5 Å². The van der Waals surface area contributed by atoms with E-state index in [1.807, 2.05) is 0 Å². The molecule has 2 nitrogen and oxygen atoms in total. The summed E-state index contributed by atoms with van der Waals surface area (Å²) in [7, 11) is 3.40. The summed E-state index contributed by atoms with van der Waals surface area (Å²) in [5, 5.41) is 9.20. The van der Waals surface area contributed by atoms with E-state index >= 15 is 0 Å².